The van der Waals surface area contributed by atoms with E-state index in [4.69, 9.17) is 4.42 Å². The number of nitrogens with zero attached hydrogens (tertiary/aromatic N) is 2. The molecule has 330 valence electrons. The van der Waals surface area contributed by atoms with E-state index >= 15 is 0 Å². The van der Waals surface area contributed by atoms with Crippen molar-refractivity contribution in [2.75, 3.05) is 9.71 Å². The number of hydrogen-bond donors (Lipinski definition) is 0. The summed E-state index contributed by atoms with van der Waals surface area (Å²) in [5.41, 5.74) is 23.1. The smallest absolute Gasteiger partial charge is 0.333 e. The minimum atomic E-state index is -0.140. The number of rotatable bonds is 3. The molecule has 0 bridgehead atoms. The lowest BCUT2D eigenvalue weighted by Crippen LogP contribution is -2.61. The zero-order valence-corrected chi connectivity index (χ0v) is 40.6. The molecule has 0 fully saturated rings. The predicted octanol–water partition coefficient (Wildman–Crippen LogP) is 16.1. The summed E-state index contributed by atoms with van der Waals surface area (Å²) in [5.74, 6) is 0. The van der Waals surface area contributed by atoms with Crippen molar-refractivity contribution in [2.24, 2.45) is 0 Å². The van der Waals surface area contributed by atoms with E-state index in [1.807, 2.05) is 0 Å². The molecule has 0 N–H and O–H groups in total. The van der Waals surface area contributed by atoms with Crippen LogP contribution in [-0.4, -0.2) is 6.85 Å². The van der Waals surface area contributed by atoms with E-state index in [2.05, 4.69) is 218 Å². The Bertz CT molecular complexity index is 3570. The summed E-state index contributed by atoms with van der Waals surface area (Å²) < 4.78 is 6.77. The molecule has 0 atom stereocenters. The lowest BCUT2D eigenvalue weighted by atomic mass is 9.43. The zero-order chi connectivity index (χ0) is 45.9. The fraction of sp³-hybridized carbons (Fsp3) is 0.270. The highest BCUT2D eigenvalue weighted by Crippen LogP contribution is 2.55. The molecule has 0 radical (unpaired) electrons. The summed E-state index contributed by atoms with van der Waals surface area (Å²) in [4.78, 5) is 5.40. The average molecular weight is 871 g/mol. The molecule has 0 unspecified atom stereocenters. The fourth-order valence-corrected chi connectivity index (χ4v) is 12.9. The van der Waals surface area contributed by atoms with Crippen LogP contribution in [0.1, 0.15) is 109 Å². The maximum Gasteiger partial charge on any atom is 0.333 e. The van der Waals surface area contributed by atoms with Crippen LogP contribution in [-0.2, 0) is 21.7 Å². The van der Waals surface area contributed by atoms with Crippen molar-refractivity contribution in [3.63, 3.8) is 0 Å². The molecule has 9 aromatic rings. The molecule has 0 saturated heterocycles. The number of aryl methyl sites for hydroxylation is 1. The van der Waals surface area contributed by atoms with Crippen LogP contribution in [0, 0.1) is 6.92 Å². The van der Waals surface area contributed by atoms with Crippen molar-refractivity contribution in [3.05, 3.63) is 173 Å². The summed E-state index contributed by atoms with van der Waals surface area (Å²) in [6.45, 7) is 21.8. The molecule has 0 saturated carbocycles. The van der Waals surface area contributed by atoms with E-state index in [9.17, 15) is 0 Å². The highest BCUT2D eigenvalue weighted by molar-refractivity contribution is 6.94. The fourth-order valence-electron chi connectivity index (χ4n) is 12.9. The molecule has 1 aromatic heterocycles. The van der Waals surface area contributed by atoms with Crippen LogP contribution in [0.3, 0.4) is 0 Å². The molecule has 4 heteroatoms. The van der Waals surface area contributed by atoms with Gasteiger partial charge in [0.15, 0.2) is 0 Å². The number of furan rings is 1. The topological polar surface area (TPSA) is 19.6 Å². The lowest BCUT2D eigenvalue weighted by molar-refractivity contribution is 0.332. The minimum absolute atomic E-state index is 0.0392. The van der Waals surface area contributed by atoms with E-state index in [0.29, 0.717) is 0 Å². The molecule has 0 amide bonds. The van der Waals surface area contributed by atoms with Crippen molar-refractivity contribution in [1.82, 2.24) is 0 Å². The second-order valence-electron chi connectivity index (χ2n) is 23.1. The van der Waals surface area contributed by atoms with Crippen molar-refractivity contribution in [1.29, 1.82) is 0 Å². The van der Waals surface area contributed by atoms with Gasteiger partial charge < -0.3 is 14.1 Å². The van der Waals surface area contributed by atoms with Crippen molar-refractivity contribution in [3.8, 4) is 22.3 Å². The van der Waals surface area contributed by atoms with Crippen LogP contribution in [0.25, 0.3) is 55.0 Å². The molecule has 2 aliphatic carbocycles. The van der Waals surface area contributed by atoms with Gasteiger partial charge in [0.05, 0.1) is 5.69 Å². The molecule has 3 heterocycles. The van der Waals surface area contributed by atoms with Crippen molar-refractivity contribution < 1.29 is 4.42 Å². The Hall–Kier alpha value is -6.52. The maximum absolute atomic E-state index is 6.77. The van der Waals surface area contributed by atoms with Crippen LogP contribution < -0.4 is 20.6 Å². The molecule has 0 spiro atoms. The molecular weight excluding hydrogens is 812 g/mol. The Morgan fingerprint density at radius 3 is 1.85 bits per heavy atom. The first-order chi connectivity index (χ1) is 32.1. The van der Waals surface area contributed by atoms with Crippen molar-refractivity contribution >= 4 is 78.9 Å². The van der Waals surface area contributed by atoms with Gasteiger partial charge in [0.25, 0.3) is 0 Å². The monoisotopic (exact) mass is 870 g/mol. The van der Waals surface area contributed by atoms with Gasteiger partial charge in [-0.3, -0.25) is 0 Å². The van der Waals surface area contributed by atoms with Crippen LogP contribution in [0.15, 0.2) is 150 Å². The summed E-state index contributed by atoms with van der Waals surface area (Å²) in [6, 6.07) is 55.9. The van der Waals surface area contributed by atoms with Gasteiger partial charge in [0, 0.05) is 44.5 Å². The molecule has 2 aliphatic heterocycles. The van der Waals surface area contributed by atoms with Crippen LogP contribution in [0.4, 0.5) is 28.4 Å². The molecule has 67 heavy (non-hydrogen) atoms. The normalized spacial score (nSPS) is 18.1. The molecule has 4 aliphatic rings. The standard InChI is InChI=1S/C63H59BN2O/c1-38-31-49-51(63(8,9)30-29-61(49,4)5)37-54(38)65-53-26-23-40(39-17-11-10-12-18-39)33-52(53)64-58-47(32-41-19-13-14-20-43(41)59(58)65)45-36-57-46(44-21-15-16-22-56(44)67-57)35-55(45)66(64)42-24-25-48-50(34-42)62(6,7)28-27-60(48,2)3/h10-26,31-37H,27-30H2,1-9H3. The zero-order valence-electron chi connectivity index (χ0n) is 40.6. The van der Waals surface area contributed by atoms with Gasteiger partial charge in [0.1, 0.15) is 11.2 Å². The van der Waals surface area contributed by atoms with Gasteiger partial charge >= 0.3 is 6.85 Å². The van der Waals surface area contributed by atoms with Crippen molar-refractivity contribution in [2.45, 2.75) is 110 Å². The van der Waals surface area contributed by atoms with Crippen LogP contribution in [0.5, 0.6) is 0 Å². The Kier molecular flexibility index (Phi) is 8.38. The molecule has 3 nitrogen and oxygen atoms in total. The molecular formula is C63H59BN2O. The van der Waals surface area contributed by atoms with Gasteiger partial charge in [-0.25, -0.2) is 0 Å². The van der Waals surface area contributed by atoms with Crippen LogP contribution in [0.2, 0.25) is 0 Å². The number of anilines is 5. The second kappa shape index (κ2) is 13.8. The van der Waals surface area contributed by atoms with Gasteiger partial charge in [-0.2, -0.15) is 0 Å². The summed E-state index contributed by atoms with van der Waals surface area (Å²) >= 11 is 0. The third-order valence-corrected chi connectivity index (χ3v) is 17.1. The maximum atomic E-state index is 6.77. The van der Waals surface area contributed by atoms with E-state index in [1.54, 1.807) is 0 Å². The van der Waals surface area contributed by atoms with E-state index in [-0.39, 0.29) is 28.5 Å². The predicted molar refractivity (Wildman–Crippen MR) is 286 cm³/mol. The summed E-state index contributed by atoms with van der Waals surface area (Å²) in [6.07, 6.45) is 4.68. The summed E-state index contributed by atoms with van der Waals surface area (Å²) in [7, 11) is 0. The Morgan fingerprint density at radius 1 is 0.463 bits per heavy atom. The minimum Gasteiger partial charge on any atom is -0.456 e. The average Bonchev–Trinajstić information content (AvgIpc) is 3.69. The quantitative estimate of drug-likeness (QED) is 0.165. The van der Waals surface area contributed by atoms with E-state index in [1.165, 1.54) is 113 Å². The SMILES string of the molecule is Cc1cc2c(cc1N1c3ccc(-c4ccccc4)cc3B3c4c(cc5ccccc5c41)-c1cc4oc5ccccc5c4cc1N3c1ccc3c(c1)C(C)(C)CCC3(C)C)C(C)(C)CCC2(C)C. The Balaban J connectivity index is 1.19. The Labute approximate surface area is 396 Å². The first-order valence-electron chi connectivity index (χ1n) is 24.7. The lowest BCUT2D eigenvalue weighted by Gasteiger charge is -2.48. The third-order valence-electron chi connectivity index (χ3n) is 17.1. The number of fused-ring (bicyclic) bond motifs is 11. The molecule has 8 aromatic carbocycles. The molecule has 13 rings (SSSR count). The van der Waals surface area contributed by atoms with Gasteiger partial charge in [-0.15, -0.1) is 0 Å². The number of benzene rings is 8. The van der Waals surface area contributed by atoms with Gasteiger partial charge in [0.2, 0.25) is 0 Å². The van der Waals surface area contributed by atoms with Gasteiger partial charge in [-0.05, 0) is 164 Å². The first kappa shape index (κ1) is 40.7. The number of hydrogen-bond acceptors (Lipinski definition) is 3. The highest BCUT2D eigenvalue weighted by atomic mass is 16.3. The largest absolute Gasteiger partial charge is 0.456 e. The van der Waals surface area contributed by atoms with E-state index < -0.39 is 0 Å². The summed E-state index contributed by atoms with van der Waals surface area (Å²) in [5, 5.41) is 4.80. The first-order valence-corrected chi connectivity index (χ1v) is 24.7. The Morgan fingerprint density at radius 2 is 1.10 bits per heavy atom. The number of para-hydroxylation sites is 1. The highest BCUT2D eigenvalue weighted by Gasteiger charge is 2.48. The third kappa shape index (κ3) is 5.84. The van der Waals surface area contributed by atoms with Gasteiger partial charge in [-0.1, -0.05) is 152 Å². The van der Waals surface area contributed by atoms with Crippen LogP contribution >= 0.6 is 0 Å². The van der Waals surface area contributed by atoms with E-state index in [0.717, 1.165) is 34.8 Å². The second-order valence-corrected chi connectivity index (χ2v) is 23.1.